The van der Waals surface area contributed by atoms with Crippen LogP contribution in [-0.2, 0) is 16.6 Å². The normalized spacial score (nSPS) is 12.6. The van der Waals surface area contributed by atoms with Gasteiger partial charge in [-0.25, -0.2) is 8.42 Å². The van der Waals surface area contributed by atoms with Gasteiger partial charge in [0.1, 0.15) is 17.3 Å². The minimum absolute atomic E-state index is 0.0636. The molecule has 0 atom stereocenters. The van der Waals surface area contributed by atoms with Crippen LogP contribution >= 0.6 is 15.9 Å². The van der Waals surface area contributed by atoms with Crippen LogP contribution in [0.4, 0.5) is 0 Å². The second-order valence-corrected chi connectivity index (χ2v) is 6.80. The quantitative estimate of drug-likeness (QED) is 0.863. The molecule has 104 valence electrons. The molecule has 1 heterocycles. The minimum atomic E-state index is -3.60. The number of hydrogen-bond acceptors (Lipinski definition) is 4. The van der Waals surface area contributed by atoms with Crippen LogP contribution in [0.3, 0.4) is 0 Å². The van der Waals surface area contributed by atoms with Crippen LogP contribution in [0.25, 0.3) is 0 Å². The second-order valence-electron chi connectivity index (χ2n) is 4.22. The third kappa shape index (κ3) is 3.14. The number of sulfonamides is 1. The minimum Gasteiger partial charge on any atom is -0.450 e. The lowest BCUT2D eigenvalue weighted by Crippen LogP contribution is -2.37. The van der Waals surface area contributed by atoms with Crippen molar-refractivity contribution in [1.82, 2.24) is 4.31 Å². The summed E-state index contributed by atoms with van der Waals surface area (Å²) >= 11 is 3.08. The summed E-state index contributed by atoms with van der Waals surface area (Å²) in [6.07, 6.45) is 0.736. The van der Waals surface area contributed by atoms with Gasteiger partial charge in [-0.3, -0.25) is 0 Å². The molecule has 0 aliphatic rings. The van der Waals surface area contributed by atoms with Crippen molar-refractivity contribution in [3.05, 3.63) is 16.5 Å². The van der Waals surface area contributed by atoms with E-state index in [-0.39, 0.29) is 28.0 Å². The number of rotatable bonds is 6. The van der Waals surface area contributed by atoms with Gasteiger partial charge in [0, 0.05) is 18.7 Å². The van der Waals surface area contributed by atoms with Gasteiger partial charge in [0.15, 0.2) is 4.67 Å². The maximum Gasteiger partial charge on any atom is 0.247 e. The highest BCUT2D eigenvalue weighted by Gasteiger charge is 2.30. The average Bonchev–Trinajstić information content (AvgIpc) is 2.67. The third-order valence-corrected chi connectivity index (χ3v) is 5.40. The molecule has 0 unspecified atom stereocenters. The summed E-state index contributed by atoms with van der Waals surface area (Å²) < 4.78 is 31.6. The Labute approximate surface area is 116 Å². The number of nitrogens with zero attached hydrogens (tertiary/aromatic N) is 1. The van der Waals surface area contributed by atoms with Crippen LogP contribution in [0.2, 0.25) is 0 Å². The first kappa shape index (κ1) is 15.7. The summed E-state index contributed by atoms with van der Waals surface area (Å²) in [7, 11) is -3.60. The van der Waals surface area contributed by atoms with Crippen LogP contribution < -0.4 is 0 Å². The highest BCUT2D eigenvalue weighted by atomic mass is 79.9. The molecule has 0 radical (unpaired) electrons. The van der Waals surface area contributed by atoms with Crippen molar-refractivity contribution < 1.29 is 17.9 Å². The zero-order valence-electron chi connectivity index (χ0n) is 10.7. The molecule has 0 fully saturated rings. The van der Waals surface area contributed by atoms with Gasteiger partial charge in [0.25, 0.3) is 0 Å². The number of furan rings is 1. The molecule has 0 aliphatic heterocycles. The number of aliphatic hydroxyl groups excluding tert-OH is 1. The molecule has 0 saturated heterocycles. The van der Waals surface area contributed by atoms with Crippen LogP contribution in [-0.4, -0.2) is 30.4 Å². The smallest absolute Gasteiger partial charge is 0.247 e. The standard InChI is InChI=1S/C11H18BrNO4S/c1-4-5-13(8(2)3)18(15,16)10-6-9(7-14)17-11(10)12/h6,8,14H,4-5,7H2,1-3H3. The van der Waals surface area contributed by atoms with Gasteiger partial charge in [-0.2, -0.15) is 4.31 Å². The molecule has 1 N–H and O–H groups in total. The highest BCUT2D eigenvalue weighted by molar-refractivity contribution is 9.10. The maximum atomic E-state index is 12.5. The van der Waals surface area contributed by atoms with Gasteiger partial charge in [-0.15, -0.1) is 0 Å². The first-order valence-electron chi connectivity index (χ1n) is 5.75. The van der Waals surface area contributed by atoms with Gasteiger partial charge in [0.2, 0.25) is 10.0 Å². The number of hydrogen-bond donors (Lipinski definition) is 1. The fourth-order valence-electron chi connectivity index (χ4n) is 1.65. The van der Waals surface area contributed by atoms with Crippen molar-refractivity contribution in [2.75, 3.05) is 6.54 Å². The summed E-state index contributed by atoms with van der Waals surface area (Å²) in [6, 6.07) is 1.22. The van der Waals surface area contributed by atoms with E-state index in [1.54, 1.807) is 0 Å². The van der Waals surface area contributed by atoms with Gasteiger partial charge < -0.3 is 9.52 Å². The SMILES string of the molecule is CCCN(C(C)C)S(=O)(=O)c1cc(CO)oc1Br. The lowest BCUT2D eigenvalue weighted by molar-refractivity contribution is 0.245. The van der Waals surface area contributed by atoms with E-state index >= 15 is 0 Å². The molecule has 5 nitrogen and oxygen atoms in total. The fraction of sp³-hybridized carbons (Fsp3) is 0.636. The number of halogens is 1. The number of aliphatic hydroxyl groups is 1. The molecule has 0 bridgehead atoms. The molecular weight excluding hydrogens is 322 g/mol. The van der Waals surface area contributed by atoms with Crippen LogP contribution in [0.5, 0.6) is 0 Å². The third-order valence-electron chi connectivity index (χ3n) is 2.47. The summed E-state index contributed by atoms with van der Waals surface area (Å²) in [6.45, 7) is 5.70. The van der Waals surface area contributed by atoms with Crippen LogP contribution in [0, 0.1) is 0 Å². The predicted octanol–water partition coefficient (Wildman–Crippen LogP) is 2.34. The topological polar surface area (TPSA) is 70.8 Å². The first-order valence-corrected chi connectivity index (χ1v) is 7.98. The monoisotopic (exact) mass is 339 g/mol. The Hall–Kier alpha value is -0.370. The largest absolute Gasteiger partial charge is 0.450 e. The molecule has 0 spiro atoms. The summed E-state index contributed by atoms with van der Waals surface area (Å²) in [5.74, 6) is 0.223. The average molecular weight is 340 g/mol. The molecule has 1 rings (SSSR count). The Morgan fingerprint density at radius 2 is 2.11 bits per heavy atom. The molecule has 0 saturated carbocycles. The Bertz CT molecular complexity index is 495. The van der Waals surface area contributed by atoms with E-state index in [4.69, 9.17) is 9.52 Å². The first-order chi connectivity index (χ1) is 8.34. The van der Waals surface area contributed by atoms with Crippen molar-refractivity contribution in [2.24, 2.45) is 0 Å². The van der Waals surface area contributed by atoms with E-state index < -0.39 is 10.0 Å². The fourth-order valence-corrected chi connectivity index (χ4v) is 4.35. The zero-order chi connectivity index (χ0) is 13.9. The Morgan fingerprint density at radius 3 is 2.50 bits per heavy atom. The van der Waals surface area contributed by atoms with E-state index in [0.717, 1.165) is 6.42 Å². The summed E-state index contributed by atoms with van der Waals surface area (Å²) in [5, 5.41) is 8.97. The lowest BCUT2D eigenvalue weighted by Gasteiger charge is -2.24. The van der Waals surface area contributed by atoms with Crippen molar-refractivity contribution in [3.8, 4) is 0 Å². The maximum absolute atomic E-state index is 12.5. The molecule has 18 heavy (non-hydrogen) atoms. The Morgan fingerprint density at radius 1 is 1.50 bits per heavy atom. The molecule has 1 aromatic heterocycles. The van der Waals surface area contributed by atoms with Crippen molar-refractivity contribution in [1.29, 1.82) is 0 Å². The highest BCUT2D eigenvalue weighted by Crippen LogP contribution is 2.29. The van der Waals surface area contributed by atoms with E-state index in [2.05, 4.69) is 15.9 Å². The lowest BCUT2D eigenvalue weighted by atomic mass is 10.4. The van der Waals surface area contributed by atoms with E-state index in [9.17, 15) is 8.42 Å². The summed E-state index contributed by atoms with van der Waals surface area (Å²) in [4.78, 5) is 0.0636. The zero-order valence-corrected chi connectivity index (χ0v) is 13.1. The molecular formula is C11H18BrNO4S. The molecule has 0 aromatic carbocycles. The molecule has 0 amide bonds. The Kier molecular flexibility index (Phi) is 5.39. The van der Waals surface area contributed by atoms with E-state index in [1.807, 2.05) is 20.8 Å². The van der Waals surface area contributed by atoms with E-state index in [0.29, 0.717) is 6.54 Å². The predicted molar refractivity (Wildman–Crippen MR) is 71.6 cm³/mol. The van der Waals surface area contributed by atoms with Crippen LogP contribution in [0.15, 0.2) is 20.0 Å². The van der Waals surface area contributed by atoms with Crippen molar-refractivity contribution >= 4 is 26.0 Å². The van der Waals surface area contributed by atoms with E-state index in [1.165, 1.54) is 10.4 Å². The van der Waals surface area contributed by atoms with Gasteiger partial charge in [-0.05, 0) is 36.2 Å². The molecule has 7 heteroatoms. The molecule has 0 aliphatic carbocycles. The van der Waals surface area contributed by atoms with Gasteiger partial charge >= 0.3 is 0 Å². The summed E-state index contributed by atoms with van der Waals surface area (Å²) in [5.41, 5.74) is 0. The van der Waals surface area contributed by atoms with Gasteiger partial charge in [0.05, 0.1) is 0 Å². The second kappa shape index (κ2) is 6.18. The molecule has 1 aromatic rings. The van der Waals surface area contributed by atoms with Gasteiger partial charge in [-0.1, -0.05) is 6.92 Å². The van der Waals surface area contributed by atoms with Crippen molar-refractivity contribution in [3.63, 3.8) is 0 Å². The van der Waals surface area contributed by atoms with Crippen LogP contribution in [0.1, 0.15) is 33.0 Å². The Balaban J connectivity index is 3.21. The van der Waals surface area contributed by atoms with Crippen molar-refractivity contribution in [2.45, 2.75) is 44.7 Å².